The fourth-order valence-corrected chi connectivity index (χ4v) is 4.51. The summed E-state index contributed by atoms with van der Waals surface area (Å²) in [4.78, 5) is 11.5. The number of carbonyl (C=O) groups is 1. The summed E-state index contributed by atoms with van der Waals surface area (Å²) in [6.07, 6.45) is 2.11. The molecule has 1 aliphatic rings. The summed E-state index contributed by atoms with van der Waals surface area (Å²) in [7, 11) is -3.52. The Hall–Kier alpha value is -0.850. The van der Waals surface area contributed by atoms with E-state index in [2.05, 4.69) is 4.72 Å². The Balaban J connectivity index is 2.05. The summed E-state index contributed by atoms with van der Waals surface area (Å²) < 4.78 is 27.1. The Morgan fingerprint density at radius 3 is 2.70 bits per heavy atom. The lowest BCUT2D eigenvalue weighted by Gasteiger charge is -2.21. The van der Waals surface area contributed by atoms with E-state index in [4.69, 9.17) is 0 Å². The SMILES string of the molecule is CC(=O)c1cccc(S(=O)(=O)NCC2CCSCC2)c1. The average Bonchev–Trinajstić information content (AvgIpc) is 2.46. The van der Waals surface area contributed by atoms with Crippen molar-refractivity contribution < 1.29 is 13.2 Å². The standard InChI is InChI=1S/C14H19NO3S2/c1-11(16)13-3-2-4-14(9-13)20(17,18)15-10-12-5-7-19-8-6-12/h2-4,9,12,15H,5-8,10H2,1H3. The van der Waals surface area contributed by atoms with Gasteiger partial charge in [0.2, 0.25) is 10.0 Å². The molecule has 1 aliphatic heterocycles. The molecule has 1 fully saturated rings. The number of hydrogen-bond donors (Lipinski definition) is 1. The molecule has 1 aromatic rings. The molecule has 6 heteroatoms. The van der Waals surface area contributed by atoms with Crippen molar-refractivity contribution in [3.63, 3.8) is 0 Å². The van der Waals surface area contributed by atoms with E-state index in [0.29, 0.717) is 18.0 Å². The van der Waals surface area contributed by atoms with Gasteiger partial charge >= 0.3 is 0 Å². The molecule has 0 spiro atoms. The number of nitrogens with one attached hydrogen (secondary N) is 1. The van der Waals surface area contributed by atoms with Gasteiger partial charge in [0, 0.05) is 12.1 Å². The van der Waals surface area contributed by atoms with Crippen molar-refractivity contribution in [2.45, 2.75) is 24.7 Å². The number of benzene rings is 1. The first-order valence-electron chi connectivity index (χ1n) is 6.67. The van der Waals surface area contributed by atoms with Gasteiger partial charge in [0.15, 0.2) is 5.78 Å². The number of sulfonamides is 1. The maximum atomic E-state index is 12.2. The largest absolute Gasteiger partial charge is 0.295 e. The molecule has 0 saturated carbocycles. The summed E-state index contributed by atoms with van der Waals surface area (Å²) >= 11 is 1.92. The van der Waals surface area contributed by atoms with Crippen molar-refractivity contribution in [1.82, 2.24) is 4.72 Å². The first kappa shape index (κ1) is 15.5. The second kappa shape index (κ2) is 6.74. The molecular formula is C14H19NO3S2. The lowest BCUT2D eigenvalue weighted by Crippen LogP contribution is -2.31. The van der Waals surface area contributed by atoms with Crippen LogP contribution in [0.4, 0.5) is 0 Å². The normalized spacial score (nSPS) is 17.1. The first-order chi connectivity index (χ1) is 9.49. The highest BCUT2D eigenvalue weighted by atomic mass is 32.2. The van der Waals surface area contributed by atoms with Crippen LogP contribution in [0.15, 0.2) is 29.2 Å². The fourth-order valence-electron chi connectivity index (χ4n) is 2.14. The maximum absolute atomic E-state index is 12.2. The molecule has 110 valence electrons. The van der Waals surface area contributed by atoms with Crippen molar-refractivity contribution in [2.24, 2.45) is 5.92 Å². The molecule has 2 rings (SSSR count). The smallest absolute Gasteiger partial charge is 0.240 e. The van der Waals surface area contributed by atoms with Crippen LogP contribution in [-0.4, -0.2) is 32.3 Å². The average molecular weight is 313 g/mol. The van der Waals surface area contributed by atoms with Gasteiger partial charge < -0.3 is 0 Å². The van der Waals surface area contributed by atoms with Crippen LogP contribution in [-0.2, 0) is 10.0 Å². The highest BCUT2D eigenvalue weighted by Crippen LogP contribution is 2.22. The van der Waals surface area contributed by atoms with E-state index in [9.17, 15) is 13.2 Å². The lowest BCUT2D eigenvalue weighted by atomic mass is 10.0. The van der Waals surface area contributed by atoms with E-state index in [1.165, 1.54) is 19.1 Å². The van der Waals surface area contributed by atoms with Gasteiger partial charge in [-0.05, 0) is 49.3 Å². The summed E-state index contributed by atoms with van der Waals surface area (Å²) in [6.45, 7) is 1.91. The predicted octanol–water partition coefficient (Wildman–Crippen LogP) is 2.31. The molecule has 1 aromatic carbocycles. The Labute approximate surface area is 124 Å². The van der Waals surface area contributed by atoms with Crippen LogP contribution in [0.1, 0.15) is 30.1 Å². The zero-order valence-corrected chi connectivity index (χ0v) is 13.1. The topological polar surface area (TPSA) is 63.2 Å². The summed E-state index contributed by atoms with van der Waals surface area (Å²) in [5, 5.41) is 0. The van der Waals surface area contributed by atoms with Crippen LogP contribution in [0, 0.1) is 5.92 Å². The van der Waals surface area contributed by atoms with Gasteiger partial charge in [-0.2, -0.15) is 11.8 Å². The quantitative estimate of drug-likeness (QED) is 0.847. The molecule has 0 atom stereocenters. The maximum Gasteiger partial charge on any atom is 0.240 e. The molecule has 1 saturated heterocycles. The molecular weight excluding hydrogens is 294 g/mol. The Kier molecular flexibility index (Phi) is 5.23. The van der Waals surface area contributed by atoms with Gasteiger partial charge in [0.05, 0.1) is 4.90 Å². The molecule has 20 heavy (non-hydrogen) atoms. The Morgan fingerprint density at radius 2 is 2.05 bits per heavy atom. The number of Topliss-reactive ketones (excluding diaryl/α,β-unsaturated/α-hetero) is 1. The monoisotopic (exact) mass is 313 g/mol. The third kappa shape index (κ3) is 4.07. The number of carbonyl (C=O) groups excluding carboxylic acids is 1. The molecule has 0 unspecified atom stereocenters. The number of hydrogen-bond acceptors (Lipinski definition) is 4. The minimum Gasteiger partial charge on any atom is -0.295 e. The highest BCUT2D eigenvalue weighted by molar-refractivity contribution is 7.99. The van der Waals surface area contributed by atoms with Gasteiger partial charge in [0.1, 0.15) is 0 Å². The minimum atomic E-state index is -3.52. The van der Waals surface area contributed by atoms with E-state index in [1.54, 1.807) is 12.1 Å². The van der Waals surface area contributed by atoms with Crippen molar-refractivity contribution in [3.05, 3.63) is 29.8 Å². The molecule has 0 aliphatic carbocycles. The second-order valence-corrected chi connectivity index (χ2v) is 7.98. The Bertz CT molecular complexity index is 578. The fraction of sp³-hybridized carbons (Fsp3) is 0.500. The van der Waals surface area contributed by atoms with Crippen LogP contribution in [0.3, 0.4) is 0 Å². The number of rotatable bonds is 5. The summed E-state index contributed by atoms with van der Waals surface area (Å²) in [5.74, 6) is 2.49. The number of thioether (sulfide) groups is 1. The van der Waals surface area contributed by atoms with Crippen molar-refractivity contribution in [2.75, 3.05) is 18.1 Å². The van der Waals surface area contributed by atoms with Gasteiger partial charge in [-0.1, -0.05) is 12.1 Å². The van der Waals surface area contributed by atoms with E-state index in [1.807, 2.05) is 11.8 Å². The van der Waals surface area contributed by atoms with Crippen molar-refractivity contribution in [3.8, 4) is 0 Å². The van der Waals surface area contributed by atoms with Gasteiger partial charge in [0.25, 0.3) is 0 Å². The molecule has 1 N–H and O–H groups in total. The minimum absolute atomic E-state index is 0.133. The van der Waals surface area contributed by atoms with Gasteiger partial charge in [-0.15, -0.1) is 0 Å². The third-order valence-electron chi connectivity index (χ3n) is 3.45. The zero-order valence-electron chi connectivity index (χ0n) is 11.5. The Morgan fingerprint density at radius 1 is 1.35 bits per heavy atom. The van der Waals surface area contributed by atoms with Crippen LogP contribution < -0.4 is 4.72 Å². The summed E-state index contributed by atoms with van der Waals surface area (Å²) in [5.41, 5.74) is 0.418. The highest BCUT2D eigenvalue weighted by Gasteiger charge is 2.19. The van der Waals surface area contributed by atoms with Crippen molar-refractivity contribution >= 4 is 27.6 Å². The molecule has 0 bridgehead atoms. The molecule has 1 heterocycles. The van der Waals surface area contributed by atoms with Crippen LogP contribution >= 0.6 is 11.8 Å². The van der Waals surface area contributed by atoms with Gasteiger partial charge in [-0.25, -0.2) is 13.1 Å². The van der Waals surface area contributed by atoms with E-state index in [0.717, 1.165) is 24.3 Å². The first-order valence-corrected chi connectivity index (χ1v) is 9.31. The summed E-state index contributed by atoms with van der Waals surface area (Å²) in [6, 6.07) is 6.18. The molecule has 0 aromatic heterocycles. The van der Waals surface area contributed by atoms with Gasteiger partial charge in [-0.3, -0.25) is 4.79 Å². The van der Waals surface area contributed by atoms with E-state index < -0.39 is 10.0 Å². The molecule has 4 nitrogen and oxygen atoms in total. The second-order valence-electron chi connectivity index (χ2n) is 4.99. The molecule has 0 amide bonds. The van der Waals surface area contributed by atoms with E-state index >= 15 is 0 Å². The lowest BCUT2D eigenvalue weighted by molar-refractivity contribution is 0.101. The number of ketones is 1. The zero-order chi connectivity index (χ0) is 14.6. The predicted molar refractivity (Wildman–Crippen MR) is 81.7 cm³/mol. The molecule has 0 radical (unpaired) electrons. The van der Waals surface area contributed by atoms with E-state index in [-0.39, 0.29) is 10.7 Å². The van der Waals surface area contributed by atoms with Crippen molar-refractivity contribution in [1.29, 1.82) is 0 Å². The third-order valence-corrected chi connectivity index (χ3v) is 5.92. The van der Waals surface area contributed by atoms with Crippen LogP contribution in [0.2, 0.25) is 0 Å². The van der Waals surface area contributed by atoms with Crippen LogP contribution in [0.5, 0.6) is 0 Å². The van der Waals surface area contributed by atoms with Crippen LogP contribution in [0.25, 0.3) is 0 Å².